The number of benzene rings is 1. The minimum Gasteiger partial charge on any atom is -0.481 e. The average molecular weight is 277 g/mol. The molecule has 0 bridgehead atoms. The lowest BCUT2D eigenvalue weighted by molar-refractivity contribution is -0.136. The van der Waals surface area contributed by atoms with Crippen LogP contribution in [0, 0.1) is 0 Å². The molecule has 0 amide bonds. The lowest BCUT2D eigenvalue weighted by Crippen LogP contribution is -2.27. The van der Waals surface area contributed by atoms with E-state index in [0.717, 1.165) is 18.7 Å². The second kappa shape index (κ2) is 10.3. The van der Waals surface area contributed by atoms with E-state index in [2.05, 4.69) is 24.0 Å². The van der Waals surface area contributed by atoms with Gasteiger partial charge in [-0.25, -0.2) is 0 Å². The second-order valence-corrected chi connectivity index (χ2v) is 5.23. The van der Waals surface area contributed by atoms with Crippen LogP contribution in [0.5, 0.6) is 0 Å². The van der Waals surface area contributed by atoms with Crippen LogP contribution >= 0.6 is 0 Å². The molecule has 0 atom stereocenters. The molecule has 0 aromatic heterocycles. The number of hydrogen-bond acceptors (Lipinski definition) is 2. The highest BCUT2D eigenvalue weighted by Crippen LogP contribution is 2.15. The molecule has 0 aliphatic rings. The maximum absolute atomic E-state index is 10.8. The van der Waals surface area contributed by atoms with Gasteiger partial charge in [0.25, 0.3) is 0 Å². The predicted octanol–water partition coefficient (Wildman–Crippen LogP) is 4.33. The maximum atomic E-state index is 10.8. The Kier molecular flexibility index (Phi) is 8.52. The number of rotatable bonds is 11. The van der Waals surface area contributed by atoms with Crippen molar-refractivity contribution in [2.24, 2.45) is 0 Å². The number of unbranched alkanes of at least 4 members (excludes halogenated alkanes) is 5. The van der Waals surface area contributed by atoms with Crippen molar-refractivity contribution < 1.29 is 9.90 Å². The number of nitrogens with zero attached hydrogens (tertiary/aromatic N) is 1. The first kappa shape index (κ1) is 16.5. The van der Waals surface area contributed by atoms with Gasteiger partial charge in [-0.05, 0) is 18.6 Å². The topological polar surface area (TPSA) is 40.5 Å². The van der Waals surface area contributed by atoms with Crippen LogP contribution < -0.4 is 4.90 Å². The number of para-hydroxylation sites is 1. The molecular formula is C17H27NO2. The molecule has 3 heteroatoms. The fraction of sp³-hybridized carbons (Fsp3) is 0.588. The number of carbonyl (C=O) groups is 1. The van der Waals surface area contributed by atoms with Gasteiger partial charge in [-0.3, -0.25) is 4.79 Å². The number of carboxylic acids is 1. The lowest BCUT2D eigenvalue weighted by atomic mass is 10.1. The van der Waals surface area contributed by atoms with Crippen LogP contribution in [0.15, 0.2) is 30.3 Å². The van der Waals surface area contributed by atoms with Gasteiger partial charge in [0.1, 0.15) is 0 Å². The summed E-state index contributed by atoms with van der Waals surface area (Å²) < 4.78 is 0. The molecule has 0 aliphatic heterocycles. The molecule has 0 fully saturated rings. The zero-order chi connectivity index (χ0) is 14.6. The first-order valence-corrected chi connectivity index (χ1v) is 7.76. The van der Waals surface area contributed by atoms with E-state index in [1.807, 2.05) is 18.2 Å². The molecule has 112 valence electrons. The van der Waals surface area contributed by atoms with E-state index >= 15 is 0 Å². The van der Waals surface area contributed by atoms with E-state index in [1.165, 1.54) is 32.1 Å². The summed E-state index contributed by atoms with van der Waals surface area (Å²) in [7, 11) is 0. The minimum absolute atomic E-state index is 0.199. The van der Waals surface area contributed by atoms with E-state index in [0.29, 0.717) is 6.54 Å². The summed E-state index contributed by atoms with van der Waals surface area (Å²) >= 11 is 0. The van der Waals surface area contributed by atoms with Gasteiger partial charge in [-0.15, -0.1) is 0 Å². The first-order valence-electron chi connectivity index (χ1n) is 7.76. The van der Waals surface area contributed by atoms with Crippen LogP contribution in [0.1, 0.15) is 51.9 Å². The molecule has 0 radical (unpaired) electrons. The Morgan fingerprint density at radius 1 is 1.00 bits per heavy atom. The van der Waals surface area contributed by atoms with E-state index in [1.54, 1.807) is 0 Å². The quantitative estimate of drug-likeness (QED) is 0.612. The van der Waals surface area contributed by atoms with Gasteiger partial charge in [-0.1, -0.05) is 57.2 Å². The fourth-order valence-electron chi connectivity index (χ4n) is 2.32. The standard InChI is InChI=1S/C17H27NO2/c1-2-3-4-5-6-10-14-18(15-13-17(19)20)16-11-8-7-9-12-16/h7-9,11-12H,2-6,10,13-15H2,1H3,(H,19,20). The third kappa shape index (κ3) is 7.17. The summed E-state index contributed by atoms with van der Waals surface area (Å²) in [6.07, 6.45) is 7.77. The summed E-state index contributed by atoms with van der Waals surface area (Å²) in [5, 5.41) is 8.85. The van der Waals surface area contributed by atoms with Gasteiger partial charge in [0.05, 0.1) is 6.42 Å². The van der Waals surface area contributed by atoms with Gasteiger partial charge < -0.3 is 10.0 Å². The van der Waals surface area contributed by atoms with Gasteiger partial charge in [0.15, 0.2) is 0 Å². The Hall–Kier alpha value is -1.51. The summed E-state index contributed by atoms with van der Waals surface area (Å²) in [5.74, 6) is -0.728. The average Bonchev–Trinajstić information content (AvgIpc) is 2.46. The van der Waals surface area contributed by atoms with Gasteiger partial charge in [-0.2, -0.15) is 0 Å². The van der Waals surface area contributed by atoms with Crippen molar-refractivity contribution in [2.45, 2.75) is 51.9 Å². The monoisotopic (exact) mass is 277 g/mol. The van der Waals surface area contributed by atoms with Crippen molar-refractivity contribution in [3.05, 3.63) is 30.3 Å². The van der Waals surface area contributed by atoms with Crippen molar-refractivity contribution >= 4 is 11.7 Å². The lowest BCUT2D eigenvalue weighted by Gasteiger charge is -2.24. The van der Waals surface area contributed by atoms with Crippen LogP contribution in [0.25, 0.3) is 0 Å². The third-order valence-corrected chi connectivity index (χ3v) is 3.50. The highest BCUT2D eigenvalue weighted by atomic mass is 16.4. The minimum atomic E-state index is -0.728. The summed E-state index contributed by atoms with van der Waals surface area (Å²) in [6, 6.07) is 10.1. The molecule has 0 spiro atoms. The number of anilines is 1. The highest BCUT2D eigenvalue weighted by Gasteiger charge is 2.08. The van der Waals surface area contributed by atoms with Crippen molar-refractivity contribution in [1.82, 2.24) is 0 Å². The zero-order valence-corrected chi connectivity index (χ0v) is 12.6. The summed E-state index contributed by atoms with van der Waals surface area (Å²) in [6.45, 7) is 3.76. The van der Waals surface area contributed by atoms with Crippen LogP contribution in [-0.4, -0.2) is 24.2 Å². The first-order chi connectivity index (χ1) is 9.74. The summed E-state index contributed by atoms with van der Waals surface area (Å²) in [5.41, 5.74) is 1.13. The van der Waals surface area contributed by atoms with Gasteiger partial charge in [0, 0.05) is 18.8 Å². The Labute approximate surface area is 122 Å². The largest absolute Gasteiger partial charge is 0.481 e. The number of aliphatic carboxylic acids is 1. The number of hydrogen-bond donors (Lipinski definition) is 1. The Bertz CT molecular complexity index is 365. The van der Waals surface area contributed by atoms with Crippen molar-refractivity contribution in [3.63, 3.8) is 0 Å². The third-order valence-electron chi connectivity index (χ3n) is 3.50. The Balaban J connectivity index is 2.37. The molecule has 1 aromatic carbocycles. The van der Waals surface area contributed by atoms with Gasteiger partial charge in [0.2, 0.25) is 0 Å². The van der Waals surface area contributed by atoms with E-state index < -0.39 is 5.97 Å². The molecule has 0 saturated heterocycles. The smallest absolute Gasteiger partial charge is 0.305 e. The molecule has 0 unspecified atom stereocenters. The molecule has 0 saturated carbocycles. The van der Waals surface area contributed by atoms with E-state index in [-0.39, 0.29) is 6.42 Å². The molecule has 0 heterocycles. The Morgan fingerprint density at radius 2 is 1.65 bits per heavy atom. The predicted molar refractivity (Wildman–Crippen MR) is 84.3 cm³/mol. The molecular weight excluding hydrogens is 250 g/mol. The van der Waals surface area contributed by atoms with Crippen molar-refractivity contribution in [1.29, 1.82) is 0 Å². The van der Waals surface area contributed by atoms with E-state index in [4.69, 9.17) is 5.11 Å². The molecule has 1 N–H and O–H groups in total. The SMILES string of the molecule is CCCCCCCCN(CCC(=O)O)c1ccccc1. The van der Waals surface area contributed by atoms with E-state index in [9.17, 15) is 4.79 Å². The molecule has 0 aliphatic carbocycles. The zero-order valence-electron chi connectivity index (χ0n) is 12.6. The van der Waals surface area contributed by atoms with Gasteiger partial charge >= 0.3 is 5.97 Å². The fourth-order valence-corrected chi connectivity index (χ4v) is 2.32. The maximum Gasteiger partial charge on any atom is 0.305 e. The second-order valence-electron chi connectivity index (χ2n) is 5.23. The highest BCUT2D eigenvalue weighted by molar-refractivity contribution is 5.67. The molecule has 1 rings (SSSR count). The van der Waals surface area contributed by atoms with Crippen LogP contribution in [0.4, 0.5) is 5.69 Å². The van der Waals surface area contributed by atoms with Crippen molar-refractivity contribution in [2.75, 3.05) is 18.0 Å². The summed E-state index contributed by atoms with van der Waals surface area (Å²) in [4.78, 5) is 12.9. The molecule has 1 aromatic rings. The van der Waals surface area contributed by atoms with Crippen LogP contribution in [-0.2, 0) is 4.79 Å². The Morgan fingerprint density at radius 3 is 2.30 bits per heavy atom. The van der Waals surface area contributed by atoms with Crippen LogP contribution in [0.3, 0.4) is 0 Å². The number of carboxylic acid groups (broad SMARTS) is 1. The van der Waals surface area contributed by atoms with Crippen LogP contribution in [0.2, 0.25) is 0 Å². The van der Waals surface area contributed by atoms with Crippen molar-refractivity contribution in [3.8, 4) is 0 Å². The normalized spacial score (nSPS) is 10.4. The molecule has 20 heavy (non-hydrogen) atoms. The molecule has 3 nitrogen and oxygen atoms in total.